The second kappa shape index (κ2) is 20.4. The van der Waals surface area contributed by atoms with Crippen LogP contribution in [0.2, 0.25) is 15.1 Å². The van der Waals surface area contributed by atoms with Crippen LogP contribution in [0.1, 0.15) is 22.5 Å². The summed E-state index contributed by atoms with van der Waals surface area (Å²) in [6.07, 6.45) is -4.43. The first-order valence-electron chi connectivity index (χ1n) is 19.2. The Kier molecular flexibility index (Phi) is 14.7. The molecule has 0 bridgehead atoms. The summed E-state index contributed by atoms with van der Waals surface area (Å²) in [5.41, 5.74) is -1.08. The number of halogens is 13. The van der Waals surface area contributed by atoms with Crippen LogP contribution in [0.5, 0.6) is 23.0 Å². The molecule has 4 aromatic heterocycles. The van der Waals surface area contributed by atoms with Crippen molar-refractivity contribution in [3.8, 4) is 23.0 Å². The van der Waals surface area contributed by atoms with Gasteiger partial charge in [0.2, 0.25) is 0 Å². The van der Waals surface area contributed by atoms with E-state index in [1.807, 2.05) is 0 Å². The Balaban J connectivity index is 0.000000199. The SMILES string of the molecule is Fc1ccc(F)c2c(NCCc3ccc(Oc4c(Cl)cnc(C(F)(F)F)c4Cl)cc3)ncnc12.Fc1ccc(F)c2c(NCCc3ccc(Oc4ccnc(C(F)(F)F)c4Cl)cc3)ncnc12. The molecule has 0 saturated carbocycles. The van der Waals surface area contributed by atoms with Crippen LogP contribution in [-0.2, 0) is 25.2 Å². The van der Waals surface area contributed by atoms with Crippen LogP contribution in [0, 0.1) is 23.3 Å². The number of nitrogens with one attached hydrogen (secondary N) is 2. The van der Waals surface area contributed by atoms with Gasteiger partial charge in [-0.1, -0.05) is 59.1 Å². The molecule has 0 aliphatic heterocycles. The van der Waals surface area contributed by atoms with Gasteiger partial charge in [-0.05, 0) is 72.5 Å². The van der Waals surface area contributed by atoms with Crippen LogP contribution in [0.4, 0.5) is 55.5 Å². The van der Waals surface area contributed by atoms with Gasteiger partial charge in [-0.3, -0.25) is 4.98 Å². The van der Waals surface area contributed by atoms with E-state index < -0.39 is 57.1 Å². The zero-order valence-corrected chi connectivity index (χ0v) is 35.8. The summed E-state index contributed by atoms with van der Waals surface area (Å²) in [7, 11) is 0. The molecule has 0 spiro atoms. The summed E-state index contributed by atoms with van der Waals surface area (Å²) in [5, 5.41) is 4.30. The van der Waals surface area contributed by atoms with Crippen molar-refractivity contribution in [2.24, 2.45) is 0 Å². The van der Waals surface area contributed by atoms with Gasteiger partial charge in [0.15, 0.2) is 17.1 Å². The van der Waals surface area contributed by atoms with Gasteiger partial charge in [-0.15, -0.1) is 0 Å². The molecule has 346 valence electrons. The fourth-order valence-electron chi connectivity index (χ4n) is 6.26. The number of fused-ring (bicyclic) bond motifs is 2. The van der Waals surface area contributed by atoms with E-state index in [0.717, 1.165) is 60.4 Å². The molecule has 8 rings (SSSR count). The molecule has 67 heavy (non-hydrogen) atoms. The Labute approximate surface area is 386 Å². The van der Waals surface area contributed by atoms with Crippen LogP contribution < -0.4 is 20.1 Å². The topological polar surface area (TPSA) is 120 Å². The number of benzene rings is 4. The first-order chi connectivity index (χ1) is 31.9. The molecule has 0 amide bonds. The Morgan fingerprint density at radius 1 is 0.493 bits per heavy atom. The summed E-state index contributed by atoms with van der Waals surface area (Å²) < 4.78 is 145. The number of aromatic nitrogens is 6. The fourth-order valence-corrected chi connectivity index (χ4v) is 7.04. The van der Waals surface area contributed by atoms with Gasteiger partial charge < -0.3 is 20.1 Å². The first-order valence-corrected chi connectivity index (χ1v) is 20.3. The Morgan fingerprint density at radius 2 is 0.940 bits per heavy atom. The van der Waals surface area contributed by atoms with Gasteiger partial charge in [0.1, 0.15) is 90.9 Å². The first kappa shape index (κ1) is 48.2. The quantitative estimate of drug-likeness (QED) is 0.115. The fraction of sp³-hybridized carbons (Fsp3) is 0.136. The van der Waals surface area contributed by atoms with Gasteiger partial charge in [0, 0.05) is 25.4 Å². The maximum absolute atomic E-state index is 14.2. The zero-order chi connectivity index (χ0) is 48.0. The molecule has 0 aliphatic carbocycles. The van der Waals surface area contributed by atoms with Crippen molar-refractivity contribution in [2.45, 2.75) is 25.2 Å². The van der Waals surface area contributed by atoms with E-state index in [4.69, 9.17) is 44.3 Å². The minimum absolute atomic E-state index is 0.0336. The maximum atomic E-state index is 14.2. The predicted molar refractivity (Wildman–Crippen MR) is 230 cm³/mol. The van der Waals surface area contributed by atoms with E-state index in [1.165, 1.54) is 18.2 Å². The van der Waals surface area contributed by atoms with Gasteiger partial charge in [0.05, 0.1) is 17.0 Å². The Bertz CT molecular complexity index is 3060. The normalized spacial score (nSPS) is 11.6. The molecule has 0 unspecified atom stereocenters. The maximum Gasteiger partial charge on any atom is 0.434 e. The average molecular weight is 996 g/mol. The number of alkyl halides is 6. The number of ether oxygens (including phenoxy) is 2. The highest BCUT2D eigenvalue weighted by Gasteiger charge is 2.38. The van der Waals surface area contributed by atoms with Gasteiger partial charge >= 0.3 is 12.4 Å². The van der Waals surface area contributed by atoms with Crippen LogP contribution in [0.3, 0.4) is 0 Å². The summed E-state index contributed by atoms with van der Waals surface area (Å²) in [4.78, 5) is 22.0. The highest BCUT2D eigenvalue weighted by atomic mass is 35.5. The lowest BCUT2D eigenvalue weighted by molar-refractivity contribution is -0.141. The highest BCUT2D eigenvalue weighted by Crippen LogP contribution is 2.43. The second-order valence-corrected chi connectivity index (χ2v) is 15.0. The third-order valence-electron chi connectivity index (χ3n) is 9.41. The molecule has 23 heteroatoms. The summed E-state index contributed by atoms with van der Waals surface area (Å²) >= 11 is 17.5. The molecule has 0 aliphatic rings. The van der Waals surface area contributed by atoms with E-state index in [0.29, 0.717) is 25.9 Å². The molecular weight excluding hydrogens is 969 g/mol. The van der Waals surface area contributed by atoms with E-state index in [9.17, 15) is 43.9 Å². The van der Waals surface area contributed by atoms with E-state index >= 15 is 0 Å². The molecule has 8 aromatic rings. The van der Waals surface area contributed by atoms with Gasteiger partial charge in [0.25, 0.3) is 0 Å². The lowest BCUT2D eigenvalue weighted by atomic mass is 10.1. The third kappa shape index (κ3) is 11.4. The van der Waals surface area contributed by atoms with Crippen LogP contribution in [0.25, 0.3) is 21.8 Å². The van der Waals surface area contributed by atoms with Crippen LogP contribution in [-0.4, -0.2) is 43.0 Å². The van der Waals surface area contributed by atoms with E-state index in [-0.39, 0.29) is 61.5 Å². The van der Waals surface area contributed by atoms with Crippen molar-refractivity contribution < 1.29 is 53.4 Å². The standard InChI is InChI=1S/C22H13Cl2F5N4O.C22H14ClF5N4O/c23-13-9-31-20(22(27,28)29)17(24)19(13)34-12-3-1-11(2-4-12)7-8-30-21-16-14(25)5-6-15(26)18(16)32-10-33-21;23-18-16(8-10-29-20(18)22(26,27)28)33-13-3-1-12(2-4-13)7-9-30-21-17-14(24)5-6-15(25)19(17)31-11-32-21/h1-6,9-10H,7-8H2,(H,30,32,33);1-6,8,10-11H,7,9H2,(H,30,31,32). The van der Waals surface area contributed by atoms with E-state index in [1.54, 1.807) is 36.4 Å². The summed E-state index contributed by atoms with van der Waals surface area (Å²) in [5.74, 6) is -2.30. The zero-order valence-electron chi connectivity index (χ0n) is 33.6. The molecule has 0 fully saturated rings. The molecule has 4 aromatic carbocycles. The number of pyridine rings is 2. The predicted octanol–water partition coefficient (Wildman–Crippen LogP) is 13.5. The molecule has 4 heterocycles. The molecule has 10 nitrogen and oxygen atoms in total. The molecule has 2 N–H and O–H groups in total. The summed E-state index contributed by atoms with van der Waals surface area (Å²) in [6, 6.07) is 18.3. The minimum atomic E-state index is -4.76. The lowest BCUT2D eigenvalue weighted by Gasteiger charge is -2.14. The number of nitrogens with zero attached hydrogens (tertiary/aromatic N) is 6. The molecule has 0 radical (unpaired) electrons. The minimum Gasteiger partial charge on any atom is -0.456 e. The number of hydrogen-bond donors (Lipinski definition) is 2. The van der Waals surface area contributed by atoms with E-state index in [2.05, 4.69) is 40.5 Å². The smallest absolute Gasteiger partial charge is 0.434 e. The van der Waals surface area contributed by atoms with Crippen molar-refractivity contribution in [1.29, 1.82) is 0 Å². The van der Waals surface area contributed by atoms with Crippen molar-refractivity contribution in [3.63, 3.8) is 0 Å². The van der Waals surface area contributed by atoms with Gasteiger partial charge in [-0.2, -0.15) is 26.3 Å². The number of rotatable bonds is 12. The number of hydrogen-bond acceptors (Lipinski definition) is 10. The second-order valence-electron chi connectivity index (χ2n) is 13.9. The Hall–Kier alpha value is -6.77. The van der Waals surface area contributed by atoms with Crippen LogP contribution >= 0.6 is 34.8 Å². The molecule has 0 saturated heterocycles. The molecule has 0 atom stereocenters. The third-order valence-corrected chi connectivity index (χ3v) is 10.4. The van der Waals surface area contributed by atoms with Crippen molar-refractivity contribution >= 4 is 68.2 Å². The van der Waals surface area contributed by atoms with Crippen molar-refractivity contribution in [3.05, 3.63) is 165 Å². The monoisotopic (exact) mass is 994 g/mol. The average Bonchev–Trinajstić information content (AvgIpc) is 3.29. The van der Waals surface area contributed by atoms with Crippen molar-refractivity contribution in [1.82, 2.24) is 29.9 Å². The highest BCUT2D eigenvalue weighted by molar-refractivity contribution is 6.37. The van der Waals surface area contributed by atoms with Gasteiger partial charge in [-0.25, -0.2) is 42.5 Å². The lowest BCUT2D eigenvalue weighted by Crippen LogP contribution is -2.09. The number of anilines is 2. The largest absolute Gasteiger partial charge is 0.456 e. The Morgan fingerprint density at radius 3 is 1.42 bits per heavy atom. The molecular formula is C44H27Cl3F10N8O2. The summed E-state index contributed by atoms with van der Waals surface area (Å²) in [6.45, 7) is 0.687. The van der Waals surface area contributed by atoms with Crippen LogP contribution in [0.15, 0.2) is 104 Å². The van der Waals surface area contributed by atoms with Crippen molar-refractivity contribution in [2.75, 3.05) is 23.7 Å².